The van der Waals surface area contributed by atoms with Gasteiger partial charge in [-0.3, -0.25) is 43.2 Å². The van der Waals surface area contributed by atoms with E-state index in [1.54, 1.807) is 86.6 Å². The second-order valence-electron chi connectivity index (χ2n) is 18.1. The lowest BCUT2D eigenvalue weighted by molar-refractivity contribution is -0.143. The molecule has 0 bridgehead atoms. The summed E-state index contributed by atoms with van der Waals surface area (Å²) >= 11 is 0. The third kappa shape index (κ3) is 18.3. The number of benzene rings is 3. The van der Waals surface area contributed by atoms with Crippen LogP contribution in [0.15, 0.2) is 84.9 Å². The predicted octanol–water partition coefficient (Wildman–Crippen LogP) is -2.22. The zero-order valence-electron chi connectivity index (χ0n) is 40.9. The van der Waals surface area contributed by atoms with Gasteiger partial charge in [-0.2, -0.15) is 0 Å². The molecule has 23 heteroatoms. The van der Waals surface area contributed by atoms with Gasteiger partial charge in [0, 0.05) is 25.8 Å². The Kier molecular flexibility index (Phi) is 22.3. The van der Waals surface area contributed by atoms with Crippen molar-refractivity contribution in [2.45, 2.75) is 114 Å². The minimum absolute atomic E-state index is 0.0498. The molecule has 1 fully saturated rings. The van der Waals surface area contributed by atoms with Crippen LogP contribution in [0, 0.1) is 5.92 Å². The topological polar surface area (TPSA) is 371 Å². The smallest absolute Gasteiger partial charge is 0.328 e. The van der Waals surface area contributed by atoms with Crippen LogP contribution in [0.25, 0.3) is 0 Å². The number of primary amides is 1. The fourth-order valence-electron chi connectivity index (χ4n) is 7.84. The molecule has 3 aromatic rings. The van der Waals surface area contributed by atoms with Crippen molar-refractivity contribution >= 4 is 59.1 Å². The van der Waals surface area contributed by atoms with E-state index < -0.39 is 127 Å². The van der Waals surface area contributed by atoms with E-state index in [-0.39, 0.29) is 50.8 Å². The number of likely N-dealkylation sites (tertiary alicyclic amines) is 1. The predicted molar refractivity (Wildman–Crippen MR) is 263 cm³/mol. The van der Waals surface area contributed by atoms with Gasteiger partial charge in [0.2, 0.25) is 53.2 Å². The van der Waals surface area contributed by atoms with Gasteiger partial charge < -0.3 is 68.9 Å². The lowest BCUT2D eigenvalue weighted by Crippen LogP contribution is -2.59. The van der Waals surface area contributed by atoms with Crippen LogP contribution in [0.1, 0.15) is 63.1 Å². The van der Waals surface area contributed by atoms with Crippen LogP contribution in [-0.4, -0.2) is 147 Å². The van der Waals surface area contributed by atoms with Gasteiger partial charge in [-0.1, -0.05) is 86.6 Å². The van der Waals surface area contributed by atoms with E-state index >= 15 is 0 Å². The molecule has 1 heterocycles. The van der Waals surface area contributed by atoms with Gasteiger partial charge in [-0.05, 0) is 67.3 Å². The SMILES string of the molecule is CC(C)[C@H](NC(=O)[C@@H](N)Cc1ccc(O)cc1)C(=O)N1CCC[C@H]1C(=O)NCC(=O)N[C@@H](CCC(N)=O)C(=O)N[C@@H](Cc1ccccc1)C(=O)N[C@@H](C)C(=O)N[C@@H](Cc1ccccc1)C(=O)N[C@@H](CO)C(=O)O. The van der Waals surface area contributed by atoms with Gasteiger partial charge in [0.05, 0.1) is 19.2 Å². The number of hydrogen-bond acceptors (Lipinski definition) is 13. The van der Waals surface area contributed by atoms with Crippen molar-refractivity contribution in [3.8, 4) is 5.75 Å². The maximum Gasteiger partial charge on any atom is 0.328 e. The largest absolute Gasteiger partial charge is 0.508 e. The number of rotatable bonds is 27. The highest BCUT2D eigenvalue weighted by atomic mass is 16.4. The monoisotopic (exact) mass is 1010 g/mol. The fourth-order valence-corrected chi connectivity index (χ4v) is 7.84. The summed E-state index contributed by atoms with van der Waals surface area (Å²) in [6.45, 7) is 3.35. The molecule has 1 aliphatic heterocycles. The lowest BCUT2D eigenvalue weighted by atomic mass is 10.0. The van der Waals surface area contributed by atoms with Crippen molar-refractivity contribution in [3.63, 3.8) is 0 Å². The summed E-state index contributed by atoms with van der Waals surface area (Å²) in [5, 5.41) is 45.9. The molecule has 8 atom stereocenters. The zero-order chi connectivity index (χ0) is 53.8. The first-order valence-corrected chi connectivity index (χ1v) is 23.8. The number of carbonyl (C=O) groups excluding carboxylic acids is 9. The molecule has 0 aromatic heterocycles. The van der Waals surface area contributed by atoms with Gasteiger partial charge in [-0.15, -0.1) is 0 Å². The third-order valence-corrected chi connectivity index (χ3v) is 11.9. The van der Waals surface area contributed by atoms with Crippen LogP contribution in [0.3, 0.4) is 0 Å². The molecule has 394 valence electrons. The minimum atomic E-state index is -1.67. The molecule has 1 saturated heterocycles. The number of carbonyl (C=O) groups is 10. The Hall–Kier alpha value is -7.92. The van der Waals surface area contributed by atoms with Crippen molar-refractivity contribution < 1.29 is 63.3 Å². The number of aromatic hydroxyl groups is 1. The summed E-state index contributed by atoms with van der Waals surface area (Å²) in [6.07, 6.45) is -0.104. The number of amides is 9. The molecule has 14 N–H and O–H groups in total. The zero-order valence-corrected chi connectivity index (χ0v) is 40.9. The number of aliphatic hydroxyl groups excluding tert-OH is 1. The Morgan fingerprint density at radius 2 is 1.16 bits per heavy atom. The molecule has 73 heavy (non-hydrogen) atoms. The highest BCUT2D eigenvalue weighted by Gasteiger charge is 2.39. The standard InChI is InChI=1S/C50H66N10O13/c1-28(2)42(59-44(66)34(51)23-32-16-18-33(62)19-17-32)49(71)60-22-10-15-39(60)48(70)53-26-41(64)55-35(20-21-40(52)63)45(67)57-36(24-30-11-6-4-7-12-30)46(68)54-29(3)43(65)56-37(25-31-13-8-5-9-14-31)47(69)58-38(27-61)50(72)73/h4-9,11-14,16-19,28-29,34-39,42,61-62H,10,15,20-27,51H2,1-3H3,(H2,52,63)(H,53,70)(H,54,68)(H,55,64)(H,56,65)(H,57,67)(H,58,69)(H,59,66)(H,72,73)/t29-,34-,35-,36-,37-,38-,39-,42-/m0/s1. The van der Waals surface area contributed by atoms with E-state index in [4.69, 9.17) is 11.5 Å². The van der Waals surface area contributed by atoms with E-state index in [2.05, 4.69) is 37.2 Å². The maximum atomic E-state index is 14.0. The average molecular weight is 1020 g/mol. The number of aliphatic carboxylic acids is 1. The molecule has 23 nitrogen and oxygen atoms in total. The Labute approximate surface area is 422 Å². The lowest BCUT2D eigenvalue weighted by Gasteiger charge is -2.31. The summed E-state index contributed by atoms with van der Waals surface area (Å²) in [5.41, 5.74) is 13.4. The maximum absolute atomic E-state index is 14.0. The molecule has 0 radical (unpaired) electrons. The number of phenolic OH excluding ortho intramolecular Hbond substituents is 1. The molecular weight excluding hydrogens is 949 g/mol. The van der Waals surface area contributed by atoms with Gasteiger partial charge >= 0.3 is 5.97 Å². The number of nitrogens with one attached hydrogen (secondary N) is 7. The molecule has 0 unspecified atom stereocenters. The highest BCUT2D eigenvalue weighted by molar-refractivity contribution is 5.98. The third-order valence-electron chi connectivity index (χ3n) is 11.9. The Morgan fingerprint density at radius 3 is 1.70 bits per heavy atom. The van der Waals surface area contributed by atoms with Crippen LogP contribution in [-0.2, 0) is 67.2 Å². The van der Waals surface area contributed by atoms with Crippen LogP contribution in [0.4, 0.5) is 0 Å². The van der Waals surface area contributed by atoms with Crippen LogP contribution >= 0.6 is 0 Å². The van der Waals surface area contributed by atoms with Crippen molar-refractivity contribution in [1.29, 1.82) is 0 Å². The van der Waals surface area contributed by atoms with E-state index in [1.165, 1.54) is 24.0 Å². The first kappa shape index (κ1) is 57.7. The summed E-state index contributed by atoms with van der Waals surface area (Å²) < 4.78 is 0. The number of carboxylic acid groups (broad SMARTS) is 1. The first-order chi connectivity index (χ1) is 34.7. The minimum Gasteiger partial charge on any atom is -0.508 e. The van der Waals surface area contributed by atoms with E-state index in [0.717, 1.165) is 0 Å². The number of hydrogen-bond donors (Lipinski definition) is 12. The fraction of sp³-hybridized carbons (Fsp3) is 0.440. The normalized spacial score (nSPS) is 16.0. The number of carboxylic acids is 1. The summed E-state index contributed by atoms with van der Waals surface area (Å²) in [6, 6.07) is 12.8. The van der Waals surface area contributed by atoms with E-state index in [0.29, 0.717) is 23.1 Å². The van der Waals surface area contributed by atoms with Crippen molar-refractivity contribution in [2.24, 2.45) is 17.4 Å². The quantitative estimate of drug-likeness (QED) is 0.0385. The Bertz CT molecular complexity index is 2410. The van der Waals surface area contributed by atoms with Crippen molar-refractivity contribution in [2.75, 3.05) is 19.7 Å². The summed E-state index contributed by atoms with van der Waals surface area (Å²) in [4.78, 5) is 133. The first-order valence-electron chi connectivity index (χ1n) is 23.8. The highest BCUT2D eigenvalue weighted by Crippen LogP contribution is 2.21. The number of aliphatic hydroxyl groups is 1. The van der Waals surface area contributed by atoms with Gasteiger partial charge in [0.15, 0.2) is 0 Å². The van der Waals surface area contributed by atoms with Crippen molar-refractivity contribution in [3.05, 3.63) is 102 Å². The number of phenols is 1. The van der Waals surface area contributed by atoms with Crippen LogP contribution < -0.4 is 48.7 Å². The second-order valence-corrected chi connectivity index (χ2v) is 18.1. The Morgan fingerprint density at radius 1 is 0.644 bits per heavy atom. The summed E-state index contributed by atoms with van der Waals surface area (Å²) in [5.74, 6) is -8.94. The van der Waals surface area contributed by atoms with E-state index in [1.807, 2.05) is 0 Å². The van der Waals surface area contributed by atoms with Gasteiger partial charge in [0.25, 0.3) is 0 Å². The van der Waals surface area contributed by atoms with Crippen LogP contribution in [0.2, 0.25) is 0 Å². The second kappa shape index (κ2) is 28.2. The molecule has 1 aliphatic rings. The molecular formula is C50H66N10O13. The Balaban J connectivity index is 1.42. The number of nitrogens with zero attached hydrogens (tertiary/aromatic N) is 1. The summed E-state index contributed by atoms with van der Waals surface area (Å²) in [7, 11) is 0. The molecule has 9 amide bonds. The van der Waals surface area contributed by atoms with Gasteiger partial charge in [0.1, 0.15) is 48.0 Å². The van der Waals surface area contributed by atoms with Crippen LogP contribution in [0.5, 0.6) is 5.75 Å². The molecule has 4 rings (SSSR count). The average Bonchev–Trinajstić information content (AvgIpc) is 3.86. The number of nitrogens with two attached hydrogens (primary N) is 2. The molecule has 3 aromatic carbocycles. The molecule has 0 aliphatic carbocycles. The van der Waals surface area contributed by atoms with E-state index in [9.17, 15) is 63.3 Å². The molecule has 0 saturated carbocycles. The van der Waals surface area contributed by atoms with Gasteiger partial charge in [-0.25, -0.2) is 4.79 Å². The van der Waals surface area contributed by atoms with Crippen molar-refractivity contribution in [1.82, 2.24) is 42.1 Å². The molecule has 0 spiro atoms.